The number of aromatic nitrogens is 2. The number of likely N-dealkylation sites (tertiary alicyclic amines) is 1. The molecule has 0 saturated carbocycles. The Balaban J connectivity index is 1.42. The molecule has 118 valence electrons. The van der Waals surface area contributed by atoms with Crippen LogP contribution in [0.5, 0.6) is 0 Å². The van der Waals surface area contributed by atoms with Crippen molar-refractivity contribution < 1.29 is 4.74 Å². The minimum absolute atomic E-state index is 0.547. The average molecular weight is 300 g/mol. The van der Waals surface area contributed by atoms with Gasteiger partial charge in [-0.15, -0.1) is 0 Å². The zero-order chi connectivity index (χ0) is 15.2. The highest BCUT2D eigenvalue weighted by molar-refractivity contribution is 5.14. The SMILES string of the molecule is COCc1cc(CNC2CCN(Cc3ccccc3)C2)n[nH]1. The van der Waals surface area contributed by atoms with Crippen LogP contribution in [-0.2, 0) is 24.4 Å². The fraction of sp³-hybridized carbons (Fsp3) is 0.471. The Morgan fingerprint density at radius 3 is 3.05 bits per heavy atom. The van der Waals surface area contributed by atoms with Gasteiger partial charge in [0.1, 0.15) is 0 Å². The summed E-state index contributed by atoms with van der Waals surface area (Å²) in [6.07, 6.45) is 1.20. The van der Waals surface area contributed by atoms with Crippen LogP contribution in [0.1, 0.15) is 23.4 Å². The van der Waals surface area contributed by atoms with Crippen molar-refractivity contribution >= 4 is 0 Å². The molecule has 0 amide bonds. The summed E-state index contributed by atoms with van der Waals surface area (Å²) < 4.78 is 5.09. The number of nitrogens with zero attached hydrogens (tertiary/aromatic N) is 2. The van der Waals surface area contributed by atoms with Gasteiger partial charge < -0.3 is 10.1 Å². The highest BCUT2D eigenvalue weighted by atomic mass is 16.5. The number of H-pyrrole nitrogens is 1. The summed E-state index contributed by atoms with van der Waals surface area (Å²) in [5.41, 5.74) is 3.46. The van der Waals surface area contributed by atoms with Gasteiger partial charge in [-0.2, -0.15) is 5.10 Å². The van der Waals surface area contributed by atoms with E-state index >= 15 is 0 Å². The third kappa shape index (κ3) is 4.16. The smallest absolute Gasteiger partial charge is 0.0878 e. The molecular formula is C17H24N4O. The molecule has 1 aromatic heterocycles. The molecule has 0 radical (unpaired) electrons. The van der Waals surface area contributed by atoms with Crippen molar-refractivity contribution in [1.29, 1.82) is 0 Å². The van der Waals surface area contributed by atoms with E-state index in [4.69, 9.17) is 4.74 Å². The summed E-state index contributed by atoms with van der Waals surface area (Å²) >= 11 is 0. The van der Waals surface area contributed by atoms with Crippen molar-refractivity contribution in [2.45, 2.75) is 32.2 Å². The molecule has 1 fully saturated rings. The Morgan fingerprint density at radius 1 is 1.36 bits per heavy atom. The van der Waals surface area contributed by atoms with Gasteiger partial charge in [0.2, 0.25) is 0 Å². The summed E-state index contributed by atoms with van der Waals surface area (Å²) in [4.78, 5) is 2.51. The molecule has 2 heterocycles. The zero-order valence-corrected chi connectivity index (χ0v) is 13.1. The van der Waals surface area contributed by atoms with E-state index in [1.807, 2.05) is 0 Å². The predicted molar refractivity (Wildman–Crippen MR) is 86.3 cm³/mol. The van der Waals surface area contributed by atoms with E-state index in [0.717, 1.165) is 37.6 Å². The normalized spacial score (nSPS) is 18.9. The number of rotatable bonds is 7. The van der Waals surface area contributed by atoms with E-state index in [9.17, 15) is 0 Å². The predicted octanol–water partition coefficient (Wildman–Crippen LogP) is 1.92. The maximum Gasteiger partial charge on any atom is 0.0878 e. The second kappa shape index (κ2) is 7.54. The summed E-state index contributed by atoms with van der Waals surface area (Å²) in [7, 11) is 1.69. The standard InChI is InChI=1S/C17H24N4O/c1-22-13-17-9-16(19-20-17)10-18-15-7-8-21(12-15)11-14-5-3-2-4-6-14/h2-6,9,15,18H,7-8,10-13H2,1H3,(H,19,20). The molecule has 5 heteroatoms. The van der Waals surface area contributed by atoms with Crippen molar-refractivity contribution in [3.8, 4) is 0 Å². The molecule has 1 atom stereocenters. The van der Waals surface area contributed by atoms with Crippen molar-refractivity contribution in [2.75, 3.05) is 20.2 Å². The Kier molecular flexibility index (Phi) is 5.21. The van der Waals surface area contributed by atoms with Crippen LogP contribution < -0.4 is 5.32 Å². The van der Waals surface area contributed by atoms with Crippen LogP contribution >= 0.6 is 0 Å². The summed E-state index contributed by atoms with van der Waals surface area (Å²) in [6, 6.07) is 13.3. The van der Waals surface area contributed by atoms with E-state index < -0.39 is 0 Å². The fourth-order valence-electron chi connectivity index (χ4n) is 2.96. The molecule has 0 spiro atoms. The van der Waals surface area contributed by atoms with Gasteiger partial charge in [0.05, 0.1) is 18.0 Å². The Morgan fingerprint density at radius 2 is 2.23 bits per heavy atom. The largest absolute Gasteiger partial charge is 0.378 e. The molecule has 1 aromatic carbocycles. The average Bonchev–Trinajstić information content (AvgIpc) is 3.16. The first-order chi connectivity index (χ1) is 10.8. The second-order valence-corrected chi connectivity index (χ2v) is 5.90. The third-order valence-electron chi connectivity index (χ3n) is 4.08. The molecule has 1 aliphatic rings. The first-order valence-corrected chi connectivity index (χ1v) is 7.85. The molecule has 2 aromatic rings. The van der Waals surface area contributed by atoms with Gasteiger partial charge in [0.25, 0.3) is 0 Å². The van der Waals surface area contributed by atoms with Crippen LogP contribution in [0, 0.1) is 0 Å². The van der Waals surface area contributed by atoms with Crippen molar-refractivity contribution in [1.82, 2.24) is 20.4 Å². The van der Waals surface area contributed by atoms with Gasteiger partial charge in [-0.05, 0) is 18.1 Å². The van der Waals surface area contributed by atoms with E-state index in [0.29, 0.717) is 12.6 Å². The van der Waals surface area contributed by atoms with Crippen LogP contribution in [0.3, 0.4) is 0 Å². The highest BCUT2D eigenvalue weighted by Gasteiger charge is 2.22. The lowest BCUT2D eigenvalue weighted by molar-refractivity contribution is 0.181. The minimum Gasteiger partial charge on any atom is -0.378 e. The lowest BCUT2D eigenvalue weighted by atomic mass is 10.2. The van der Waals surface area contributed by atoms with Gasteiger partial charge in [-0.1, -0.05) is 30.3 Å². The maximum atomic E-state index is 5.09. The Labute approximate surface area is 131 Å². The van der Waals surface area contributed by atoms with E-state index in [1.54, 1.807) is 7.11 Å². The Bertz CT molecular complexity index is 569. The number of aromatic amines is 1. The van der Waals surface area contributed by atoms with Crippen LogP contribution in [0.2, 0.25) is 0 Å². The monoisotopic (exact) mass is 300 g/mol. The number of hydrogen-bond acceptors (Lipinski definition) is 4. The van der Waals surface area contributed by atoms with Gasteiger partial charge in [-0.25, -0.2) is 0 Å². The molecule has 2 N–H and O–H groups in total. The highest BCUT2D eigenvalue weighted by Crippen LogP contribution is 2.14. The van der Waals surface area contributed by atoms with Crippen molar-refractivity contribution in [2.24, 2.45) is 0 Å². The minimum atomic E-state index is 0.547. The maximum absolute atomic E-state index is 5.09. The van der Waals surface area contributed by atoms with E-state index in [2.05, 4.69) is 56.8 Å². The van der Waals surface area contributed by atoms with Crippen LogP contribution in [0.15, 0.2) is 36.4 Å². The molecule has 0 aliphatic carbocycles. The first kappa shape index (κ1) is 15.2. The number of methoxy groups -OCH3 is 1. The van der Waals surface area contributed by atoms with Crippen molar-refractivity contribution in [3.63, 3.8) is 0 Å². The third-order valence-corrected chi connectivity index (χ3v) is 4.08. The summed E-state index contributed by atoms with van der Waals surface area (Å²) in [6.45, 7) is 4.69. The number of nitrogens with one attached hydrogen (secondary N) is 2. The molecule has 1 aliphatic heterocycles. The van der Waals surface area contributed by atoms with Gasteiger partial charge in [0, 0.05) is 39.3 Å². The lowest BCUT2D eigenvalue weighted by Gasteiger charge is -2.16. The van der Waals surface area contributed by atoms with Crippen molar-refractivity contribution in [3.05, 3.63) is 53.3 Å². The van der Waals surface area contributed by atoms with Gasteiger partial charge in [0.15, 0.2) is 0 Å². The van der Waals surface area contributed by atoms with Crippen LogP contribution in [0.4, 0.5) is 0 Å². The van der Waals surface area contributed by atoms with Crippen LogP contribution in [0.25, 0.3) is 0 Å². The van der Waals surface area contributed by atoms with E-state index in [1.165, 1.54) is 12.0 Å². The summed E-state index contributed by atoms with van der Waals surface area (Å²) in [5.74, 6) is 0. The topological polar surface area (TPSA) is 53.2 Å². The number of ether oxygens (including phenoxy) is 1. The van der Waals surface area contributed by atoms with Crippen LogP contribution in [-0.4, -0.2) is 41.3 Å². The fourth-order valence-corrected chi connectivity index (χ4v) is 2.96. The Hall–Kier alpha value is -1.69. The second-order valence-electron chi connectivity index (χ2n) is 5.90. The van der Waals surface area contributed by atoms with Gasteiger partial charge >= 0.3 is 0 Å². The molecule has 0 bridgehead atoms. The summed E-state index contributed by atoms with van der Waals surface area (Å²) in [5, 5.41) is 10.9. The first-order valence-electron chi connectivity index (χ1n) is 7.85. The lowest BCUT2D eigenvalue weighted by Crippen LogP contribution is -2.32. The molecular weight excluding hydrogens is 276 g/mol. The zero-order valence-electron chi connectivity index (χ0n) is 13.1. The number of benzene rings is 1. The van der Waals surface area contributed by atoms with E-state index in [-0.39, 0.29) is 0 Å². The molecule has 5 nitrogen and oxygen atoms in total. The molecule has 1 saturated heterocycles. The molecule has 3 rings (SSSR count). The molecule has 1 unspecified atom stereocenters. The number of hydrogen-bond donors (Lipinski definition) is 2. The van der Waals surface area contributed by atoms with Gasteiger partial charge in [-0.3, -0.25) is 10.00 Å². The quantitative estimate of drug-likeness (QED) is 0.820. The molecule has 22 heavy (non-hydrogen) atoms.